The lowest BCUT2D eigenvalue weighted by molar-refractivity contribution is 0.0934. The number of thiophene rings is 1. The van der Waals surface area contributed by atoms with Crippen LogP contribution in [-0.2, 0) is 13.0 Å². The molecule has 0 aliphatic carbocycles. The predicted molar refractivity (Wildman–Crippen MR) is 105 cm³/mol. The number of anilines is 1. The van der Waals surface area contributed by atoms with Crippen LogP contribution < -0.4 is 20.1 Å². The van der Waals surface area contributed by atoms with Crippen LogP contribution in [0.25, 0.3) is 0 Å². The van der Waals surface area contributed by atoms with Crippen LogP contribution in [0, 0.1) is 0 Å². The highest BCUT2D eigenvalue weighted by Gasteiger charge is 2.35. The molecular formula is C19H20ClN3O3S. The van der Waals surface area contributed by atoms with Gasteiger partial charge in [-0.3, -0.25) is 9.69 Å². The molecule has 2 N–H and O–H groups in total. The number of carbonyl (C=O) groups excluding carboxylic acids is 1. The largest absolute Gasteiger partial charge is 0.454 e. The lowest BCUT2D eigenvalue weighted by Crippen LogP contribution is -2.39. The third-order valence-electron chi connectivity index (χ3n) is 5.40. The Morgan fingerprint density at radius 2 is 2.04 bits per heavy atom. The predicted octanol–water partition coefficient (Wildman–Crippen LogP) is 3.75. The van der Waals surface area contributed by atoms with E-state index in [2.05, 4.69) is 29.4 Å². The summed E-state index contributed by atoms with van der Waals surface area (Å²) in [4.78, 5) is 16.6. The summed E-state index contributed by atoms with van der Waals surface area (Å²) >= 11 is 8.12. The normalized spacial score (nSPS) is 20.9. The summed E-state index contributed by atoms with van der Waals surface area (Å²) in [6, 6.07) is 4.07. The minimum atomic E-state index is -0.395. The molecule has 5 rings (SSSR count). The van der Waals surface area contributed by atoms with Gasteiger partial charge in [0, 0.05) is 35.6 Å². The Bertz CT molecular complexity index is 943. The Morgan fingerprint density at radius 3 is 2.81 bits per heavy atom. The van der Waals surface area contributed by atoms with E-state index in [0.717, 1.165) is 35.6 Å². The number of carbonyl (C=O) groups is 1. The molecule has 0 saturated carbocycles. The molecule has 2 aromatic rings. The smallest absolute Gasteiger partial charge is 0.256 e. The van der Waals surface area contributed by atoms with Crippen molar-refractivity contribution in [3.05, 3.63) is 38.7 Å². The molecule has 0 unspecified atom stereocenters. The highest BCUT2D eigenvalue weighted by atomic mass is 35.5. The number of amides is 1. The van der Waals surface area contributed by atoms with Crippen molar-refractivity contribution in [3.63, 3.8) is 0 Å². The van der Waals surface area contributed by atoms with Gasteiger partial charge in [0.05, 0.1) is 10.6 Å². The zero-order valence-electron chi connectivity index (χ0n) is 15.1. The first kappa shape index (κ1) is 17.2. The summed E-state index contributed by atoms with van der Waals surface area (Å²) in [6.45, 7) is 6.49. The quantitative estimate of drug-likeness (QED) is 0.796. The Labute approximate surface area is 166 Å². The number of fused-ring (bicyclic) bond motifs is 4. The van der Waals surface area contributed by atoms with E-state index in [1.165, 1.54) is 10.4 Å². The van der Waals surface area contributed by atoms with Crippen molar-refractivity contribution in [1.29, 1.82) is 0 Å². The van der Waals surface area contributed by atoms with Crippen LogP contribution in [0.1, 0.15) is 46.4 Å². The van der Waals surface area contributed by atoms with Crippen molar-refractivity contribution in [2.75, 3.05) is 18.7 Å². The number of nitrogens with zero attached hydrogens (tertiary/aromatic N) is 1. The number of hydrogen-bond acceptors (Lipinski definition) is 6. The summed E-state index contributed by atoms with van der Waals surface area (Å²) in [5.41, 5.74) is 2.76. The third-order valence-corrected chi connectivity index (χ3v) is 6.87. The van der Waals surface area contributed by atoms with Crippen molar-refractivity contribution in [3.8, 4) is 11.5 Å². The topological polar surface area (TPSA) is 62.8 Å². The van der Waals surface area contributed by atoms with E-state index in [0.29, 0.717) is 22.6 Å². The second-order valence-corrected chi connectivity index (χ2v) is 8.81. The summed E-state index contributed by atoms with van der Waals surface area (Å²) in [6.07, 6.45) is 0.512. The van der Waals surface area contributed by atoms with Gasteiger partial charge in [0.25, 0.3) is 5.91 Å². The number of hydrogen-bond donors (Lipinski definition) is 2. The molecule has 1 atom stereocenters. The molecule has 0 spiro atoms. The van der Waals surface area contributed by atoms with Crippen LogP contribution in [-0.4, -0.2) is 30.2 Å². The van der Waals surface area contributed by atoms with Crippen LogP contribution >= 0.6 is 22.9 Å². The van der Waals surface area contributed by atoms with Crippen molar-refractivity contribution in [2.24, 2.45) is 0 Å². The van der Waals surface area contributed by atoms with E-state index in [-0.39, 0.29) is 12.7 Å². The Kier molecular flexibility index (Phi) is 4.00. The Balaban J connectivity index is 1.48. The zero-order chi connectivity index (χ0) is 18.7. The van der Waals surface area contributed by atoms with Crippen molar-refractivity contribution >= 4 is 33.8 Å². The van der Waals surface area contributed by atoms with E-state index >= 15 is 0 Å². The summed E-state index contributed by atoms with van der Waals surface area (Å²) in [5, 5.41) is 7.98. The molecule has 1 aromatic heterocycles. The van der Waals surface area contributed by atoms with Gasteiger partial charge in [-0.25, -0.2) is 0 Å². The number of ether oxygens (including phenoxy) is 2. The fourth-order valence-corrected chi connectivity index (χ4v) is 5.45. The molecule has 142 valence electrons. The number of halogens is 1. The van der Waals surface area contributed by atoms with Gasteiger partial charge < -0.3 is 20.1 Å². The van der Waals surface area contributed by atoms with Crippen LogP contribution in [0.2, 0.25) is 5.02 Å². The fourth-order valence-electron chi connectivity index (χ4n) is 3.89. The summed E-state index contributed by atoms with van der Waals surface area (Å²) in [5.74, 6) is 1.24. The molecule has 0 bridgehead atoms. The standard InChI is InChI=1S/C19H20ClN3O3S/c1-9(2)23-4-3-10-15(7-23)27-19-16(10)18(24)21-17(22-19)11-5-13-14(6-12(11)20)26-8-25-13/h5-6,9,17,22H,3-4,7-8H2,1-2H3,(H,21,24)/t17-/m1/s1. The lowest BCUT2D eigenvalue weighted by atomic mass is 9.99. The zero-order valence-corrected chi connectivity index (χ0v) is 16.7. The average Bonchev–Trinajstić information content (AvgIpc) is 3.23. The number of nitrogens with one attached hydrogen (secondary N) is 2. The maximum atomic E-state index is 12.9. The van der Waals surface area contributed by atoms with E-state index < -0.39 is 6.17 Å². The minimum Gasteiger partial charge on any atom is -0.454 e. The van der Waals surface area contributed by atoms with E-state index in [1.54, 1.807) is 17.4 Å². The molecule has 0 fully saturated rings. The van der Waals surface area contributed by atoms with Crippen molar-refractivity contribution in [2.45, 2.75) is 39.0 Å². The van der Waals surface area contributed by atoms with Gasteiger partial charge in [0.15, 0.2) is 11.5 Å². The van der Waals surface area contributed by atoms with Gasteiger partial charge in [-0.1, -0.05) is 11.6 Å². The van der Waals surface area contributed by atoms with Gasteiger partial charge >= 0.3 is 0 Å². The van der Waals surface area contributed by atoms with Gasteiger partial charge in [0.1, 0.15) is 11.2 Å². The first-order valence-electron chi connectivity index (χ1n) is 9.06. The first-order valence-corrected chi connectivity index (χ1v) is 10.3. The molecule has 4 heterocycles. The molecule has 27 heavy (non-hydrogen) atoms. The molecule has 3 aliphatic heterocycles. The van der Waals surface area contributed by atoms with E-state index in [4.69, 9.17) is 21.1 Å². The highest BCUT2D eigenvalue weighted by molar-refractivity contribution is 7.16. The second kappa shape index (κ2) is 6.29. The van der Waals surface area contributed by atoms with Crippen LogP contribution in [0.3, 0.4) is 0 Å². The minimum absolute atomic E-state index is 0.0435. The Hall–Kier alpha value is -1.96. The van der Waals surface area contributed by atoms with Crippen LogP contribution in [0.15, 0.2) is 12.1 Å². The Morgan fingerprint density at radius 1 is 1.26 bits per heavy atom. The van der Waals surface area contributed by atoms with Gasteiger partial charge in [-0.2, -0.15) is 0 Å². The third kappa shape index (κ3) is 2.76. The molecule has 8 heteroatoms. The molecule has 3 aliphatic rings. The summed E-state index contributed by atoms with van der Waals surface area (Å²) in [7, 11) is 0. The van der Waals surface area contributed by atoms with Crippen LogP contribution in [0.4, 0.5) is 5.00 Å². The maximum Gasteiger partial charge on any atom is 0.256 e. The molecule has 0 radical (unpaired) electrons. The van der Waals surface area contributed by atoms with Gasteiger partial charge in [0.2, 0.25) is 6.79 Å². The number of benzene rings is 1. The lowest BCUT2D eigenvalue weighted by Gasteiger charge is -2.31. The van der Waals surface area contributed by atoms with E-state index in [9.17, 15) is 4.79 Å². The van der Waals surface area contributed by atoms with Gasteiger partial charge in [-0.05, 0) is 31.9 Å². The fraction of sp³-hybridized carbons (Fsp3) is 0.421. The average molecular weight is 406 g/mol. The molecule has 6 nitrogen and oxygen atoms in total. The van der Waals surface area contributed by atoms with E-state index in [1.807, 2.05) is 6.07 Å². The van der Waals surface area contributed by atoms with Crippen molar-refractivity contribution < 1.29 is 14.3 Å². The van der Waals surface area contributed by atoms with Crippen LogP contribution in [0.5, 0.6) is 11.5 Å². The summed E-state index contributed by atoms with van der Waals surface area (Å²) < 4.78 is 10.8. The molecular weight excluding hydrogens is 386 g/mol. The first-order chi connectivity index (χ1) is 13.0. The molecule has 0 saturated heterocycles. The number of rotatable bonds is 2. The monoisotopic (exact) mass is 405 g/mol. The SMILES string of the molecule is CC(C)N1CCc2c(sc3c2C(=O)N[C@@H](c2cc4c(cc2Cl)OCO4)N3)C1. The van der Waals surface area contributed by atoms with Crippen molar-refractivity contribution in [1.82, 2.24) is 10.2 Å². The molecule has 1 aromatic carbocycles. The maximum absolute atomic E-state index is 12.9. The van der Waals surface area contributed by atoms with Gasteiger partial charge in [-0.15, -0.1) is 11.3 Å². The highest BCUT2D eigenvalue weighted by Crippen LogP contribution is 2.44. The second-order valence-electron chi connectivity index (χ2n) is 7.30. The molecule has 1 amide bonds.